The van der Waals surface area contributed by atoms with Crippen LogP contribution in [0.1, 0.15) is 36.6 Å². The van der Waals surface area contributed by atoms with Crippen LogP contribution in [0, 0.1) is 5.41 Å². The van der Waals surface area contributed by atoms with E-state index in [0.29, 0.717) is 0 Å². The normalized spacial score (nSPS) is 16.9. The number of hydrogen-bond acceptors (Lipinski definition) is 3. The largest absolute Gasteiger partial charge is 0.381 e. The molecule has 1 N–H and O–H groups in total. The number of hydrazone groups is 1. The quantitative estimate of drug-likeness (QED) is 0.313. The van der Waals surface area contributed by atoms with E-state index in [1.54, 1.807) is 0 Å². The van der Waals surface area contributed by atoms with Crippen molar-refractivity contribution in [3.05, 3.63) is 131 Å². The van der Waals surface area contributed by atoms with E-state index >= 15 is 0 Å². The van der Waals surface area contributed by atoms with E-state index in [4.69, 9.17) is 16.7 Å². The molecule has 0 saturated carbocycles. The van der Waals surface area contributed by atoms with E-state index in [1.165, 1.54) is 16.7 Å². The molecule has 0 aromatic heterocycles. The fraction of sp³-hybridized carbons (Fsp3) is 0.167. The maximum Gasteiger partial charge on any atom is 0.0882 e. The predicted molar refractivity (Wildman–Crippen MR) is 144 cm³/mol. The molecular formula is C30H28ClN3. The Bertz CT molecular complexity index is 1260. The van der Waals surface area contributed by atoms with Gasteiger partial charge in [-0.25, -0.2) is 0 Å². The SMILES string of the molecule is CC1(C)C(c2ccccc2)=NN(c2ccc(CNc3ccc(Cl)cc3)cc2)[C@@H]1c1ccccc1. The summed E-state index contributed by atoms with van der Waals surface area (Å²) in [5, 5.41) is 11.6. The van der Waals surface area contributed by atoms with Gasteiger partial charge in [-0.1, -0.05) is 98.2 Å². The first-order valence-corrected chi connectivity index (χ1v) is 12.0. The summed E-state index contributed by atoms with van der Waals surface area (Å²) < 4.78 is 0. The number of benzene rings is 4. The molecular weight excluding hydrogens is 438 g/mol. The zero-order valence-corrected chi connectivity index (χ0v) is 20.2. The van der Waals surface area contributed by atoms with Crippen molar-refractivity contribution in [2.24, 2.45) is 10.5 Å². The summed E-state index contributed by atoms with van der Waals surface area (Å²) in [5.41, 5.74) is 6.71. The number of nitrogens with one attached hydrogen (secondary N) is 1. The van der Waals surface area contributed by atoms with Crippen molar-refractivity contribution in [1.29, 1.82) is 0 Å². The van der Waals surface area contributed by atoms with Crippen LogP contribution in [-0.4, -0.2) is 5.71 Å². The molecule has 0 spiro atoms. The lowest BCUT2D eigenvalue weighted by molar-refractivity contribution is 0.425. The minimum Gasteiger partial charge on any atom is -0.381 e. The lowest BCUT2D eigenvalue weighted by Gasteiger charge is -2.33. The molecule has 1 atom stereocenters. The van der Waals surface area contributed by atoms with Gasteiger partial charge in [0.2, 0.25) is 0 Å². The smallest absolute Gasteiger partial charge is 0.0882 e. The molecule has 4 aromatic carbocycles. The highest BCUT2D eigenvalue weighted by atomic mass is 35.5. The van der Waals surface area contributed by atoms with Crippen molar-refractivity contribution in [2.45, 2.75) is 26.4 Å². The molecule has 1 aliphatic heterocycles. The lowest BCUT2D eigenvalue weighted by Crippen LogP contribution is -2.32. The number of anilines is 2. The van der Waals surface area contributed by atoms with Crippen LogP contribution >= 0.6 is 11.6 Å². The van der Waals surface area contributed by atoms with Crippen molar-refractivity contribution in [2.75, 3.05) is 10.3 Å². The van der Waals surface area contributed by atoms with Gasteiger partial charge in [0.05, 0.1) is 17.4 Å². The first-order chi connectivity index (χ1) is 16.5. The van der Waals surface area contributed by atoms with Gasteiger partial charge in [0.25, 0.3) is 0 Å². The molecule has 0 saturated heterocycles. The molecule has 34 heavy (non-hydrogen) atoms. The molecule has 0 bridgehead atoms. The van der Waals surface area contributed by atoms with E-state index in [9.17, 15) is 0 Å². The van der Waals surface area contributed by atoms with E-state index < -0.39 is 0 Å². The Kier molecular flexibility index (Phi) is 6.12. The zero-order valence-electron chi connectivity index (χ0n) is 19.4. The van der Waals surface area contributed by atoms with Gasteiger partial charge >= 0.3 is 0 Å². The Labute approximate surface area is 206 Å². The third-order valence-electron chi connectivity index (χ3n) is 6.45. The van der Waals surface area contributed by atoms with Crippen LogP contribution in [0.5, 0.6) is 0 Å². The number of nitrogens with zero attached hydrogens (tertiary/aromatic N) is 2. The van der Waals surface area contributed by atoms with Gasteiger partial charge in [-0.15, -0.1) is 0 Å². The Morgan fingerprint density at radius 1 is 0.794 bits per heavy atom. The maximum atomic E-state index is 5.99. The van der Waals surface area contributed by atoms with Gasteiger partial charge in [-0.05, 0) is 53.1 Å². The lowest BCUT2D eigenvalue weighted by atomic mass is 9.75. The predicted octanol–water partition coefficient (Wildman–Crippen LogP) is 7.94. The third kappa shape index (κ3) is 4.44. The monoisotopic (exact) mass is 465 g/mol. The minimum atomic E-state index is -0.169. The summed E-state index contributed by atoms with van der Waals surface area (Å²) in [6.45, 7) is 5.33. The summed E-state index contributed by atoms with van der Waals surface area (Å²) in [4.78, 5) is 0. The second-order valence-electron chi connectivity index (χ2n) is 9.22. The maximum absolute atomic E-state index is 5.99. The van der Waals surface area contributed by atoms with Crippen LogP contribution in [0.15, 0.2) is 114 Å². The molecule has 0 unspecified atom stereocenters. The first kappa shape index (κ1) is 22.2. The van der Waals surface area contributed by atoms with Crippen molar-refractivity contribution >= 4 is 28.7 Å². The van der Waals surface area contributed by atoms with Crippen molar-refractivity contribution in [1.82, 2.24) is 0 Å². The number of rotatable bonds is 6. The average Bonchev–Trinajstić information content (AvgIpc) is 3.16. The molecule has 0 aliphatic carbocycles. The van der Waals surface area contributed by atoms with Gasteiger partial charge in [-0.3, -0.25) is 5.01 Å². The molecule has 0 fully saturated rings. The molecule has 0 amide bonds. The topological polar surface area (TPSA) is 27.6 Å². The van der Waals surface area contributed by atoms with Crippen molar-refractivity contribution in [3.8, 4) is 0 Å². The van der Waals surface area contributed by atoms with Crippen LogP contribution in [-0.2, 0) is 6.54 Å². The Morgan fingerprint density at radius 3 is 2.06 bits per heavy atom. The average molecular weight is 466 g/mol. The number of halogens is 1. The fourth-order valence-corrected chi connectivity index (χ4v) is 4.82. The van der Waals surface area contributed by atoms with E-state index in [1.807, 2.05) is 24.3 Å². The summed E-state index contributed by atoms with van der Waals surface area (Å²) in [6.07, 6.45) is 0. The van der Waals surface area contributed by atoms with Gasteiger partial charge < -0.3 is 5.32 Å². The molecule has 5 rings (SSSR count). The summed E-state index contributed by atoms with van der Waals surface area (Å²) in [7, 11) is 0. The number of hydrogen-bond donors (Lipinski definition) is 1. The highest BCUT2D eigenvalue weighted by molar-refractivity contribution is 6.30. The molecule has 170 valence electrons. The van der Waals surface area contributed by atoms with Crippen LogP contribution in [0.2, 0.25) is 5.02 Å². The Hall–Kier alpha value is -3.56. The second-order valence-corrected chi connectivity index (χ2v) is 9.66. The van der Waals surface area contributed by atoms with Crippen LogP contribution < -0.4 is 10.3 Å². The summed E-state index contributed by atoms with van der Waals surface area (Å²) >= 11 is 5.99. The fourth-order valence-electron chi connectivity index (χ4n) is 4.69. The van der Waals surface area contributed by atoms with E-state index in [2.05, 4.69) is 109 Å². The minimum absolute atomic E-state index is 0.0990. The highest BCUT2D eigenvalue weighted by Crippen LogP contribution is 2.48. The highest BCUT2D eigenvalue weighted by Gasteiger charge is 2.45. The van der Waals surface area contributed by atoms with Gasteiger partial charge in [-0.2, -0.15) is 5.10 Å². The van der Waals surface area contributed by atoms with E-state index in [0.717, 1.165) is 28.7 Å². The Morgan fingerprint density at radius 2 is 1.41 bits per heavy atom. The second kappa shape index (κ2) is 9.36. The van der Waals surface area contributed by atoms with Gasteiger partial charge in [0.15, 0.2) is 0 Å². The van der Waals surface area contributed by atoms with Gasteiger partial charge in [0, 0.05) is 22.7 Å². The molecule has 0 radical (unpaired) electrons. The third-order valence-corrected chi connectivity index (χ3v) is 6.70. The summed E-state index contributed by atoms with van der Waals surface area (Å²) in [6, 6.07) is 37.8. The zero-order chi connectivity index (χ0) is 23.5. The van der Waals surface area contributed by atoms with Crippen LogP contribution in [0.4, 0.5) is 11.4 Å². The van der Waals surface area contributed by atoms with Crippen molar-refractivity contribution in [3.63, 3.8) is 0 Å². The molecule has 4 aromatic rings. The standard InChI is InChI=1S/C30H28ClN3/c1-30(2)28(23-9-5-3-6-10-23)33-34(29(30)24-11-7-4-8-12-24)27-19-13-22(14-20-27)21-32-26-17-15-25(31)16-18-26/h3-20,29,32H,21H2,1-2H3/t29-/m1/s1. The van der Waals surface area contributed by atoms with Crippen LogP contribution in [0.3, 0.4) is 0 Å². The van der Waals surface area contributed by atoms with Crippen molar-refractivity contribution < 1.29 is 0 Å². The van der Waals surface area contributed by atoms with Crippen LogP contribution in [0.25, 0.3) is 0 Å². The summed E-state index contributed by atoms with van der Waals surface area (Å²) in [5.74, 6) is 0. The molecule has 3 nitrogen and oxygen atoms in total. The first-order valence-electron chi connectivity index (χ1n) is 11.6. The Balaban J connectivity index is 1.44. The van der Waals surface area contributed by atoms with Gasteiger partial charge in [0.1, 0.15) is 0 Å². The molecule has 1 aliphatic rings. The molecule has 1 heterocycles. The van der Waals surface area contributed by atoms with E-state index in [-0.39, 0.29) is 11.5 Å². The molecule has 4 heteroatoms.